The summed E-state index contributed by atoms with van der Waals surface area (Å²) < 4.78 is 5.85. The van der Waals surface area contributed by atoms with E-state index in [0.717, 1.165) is 5.56 Å². The number of ketones is 1. The average Bonchev–Trinajstić information content (AvgIpc) is 3.46. The van der Waals surface area contributed by atoms with Crippen LogP contribution in [-0.4, -0.2) is 27.0 Å². The number of aromatic nitrogens is 2. The summed E-state index contributed by atoms with van der Waals surface area (Å²) >= 11 is 6.02. The zero-order chi connectivity index (χ0) is 23.8. The van der Waals surface area contributed by atoms with E-state index in [-0.39, 0.29) is 28.7 Å². The number of halogens is 1. The van der Waals surface area contributed by atoms with Gasteiger partial charge in [-0.3, -0.25) is 14.7 Å². The van der Waals surface area contributed by atoms with Crippen molar-refractivity contribution in [3.05, 3.63) is 100 Å². The fourth-order valence-electron chi connectivity index (χ4n) is 3.64. The number of H-pyrrole nitrogens is 1. The predicted molar refractivity (Wildman–Crippen MR) is 129 cm³/mol. The number of para-hydroxylation sites is 1. The molecule has 5 aromatic rings. The van der Waals surface area contributed by atoms with Crippen LogP contribution in [0.3, 0.4) is 0 Å². The highest BCUT2D eigenvalue weighted by atomic mass is 35.5. The van der Waals surface area contributed by atoms with Crippen molar-refractivity contribution < 1.29 is 19.1 Å². The van der Waals surface area contributed by atoms with Crippen molar-refractivity contribution in [2.45, 2.75) is 6.92 Å². The molecule has 168 valence electrons. The first-order valence-corrected chi connectivity index (χ1v) is 10.8. The van der Waals surface area contributed by atoms with Crippen LogP contribution in [0, 0.1) is 6.92 Å². The maximum Gasteiger partial charge on any atom is 0.273 e. The van der Waals surface area contributed by atoms with Gasteiger partial charge in [0.1, 0.15) is 17.0 Å². The molecule has 0 atom stereocenters. The molecular formula is C26H18ClN3O4. The molecule has 0 saturated heterocycles. The Balaban J connectivity index is 1.50. The third-order valence-corrected chi connectivity index (χ3v) is 5.65. The van der Waals surface area contributed by atoms with E-state index in [9.17, 15) is 14.7 Å². The molecule has 2 aromatic heterocycles. The minimum absolute atomic E-state index is 0.0188. The van der Waals surface area contributed by atoms with E-state index in [2.05, 4.69) is 15.5 Å². The Hall–Kier alpha value is -4.36. The number of benzene rings is 3. The fraction of sp³-hybridized carbons (Fsp3) is 0.0385. The highest BCUT2D eigenvalue weighted by Crippen LogP contribution is 2.34. The normalized spacial score (nSPS) is 11.0. The molecule has 0 fully saturated rings. The summed E-state index contributed by atoms with van der Waals surface area (Å²) in [5.74, 6) is -0.856. The second-order valence-electron chi connectivity index (χ2n) is 7.78. The number of carbonyl (C=O) groups is 2. The number of amides is 1. The van der Waals surface area contributed by atoms with E-state index in [1.165, 1.54) is 12.1 Å². The van der Waals surface area contributed by atoms with Gasteiger partial charge in [0.05, 0.1) is 11.4 Å². The standard InChI is InChI=1S/C26H18ClN3O4/c1-14-6-8-15(9-7-14)24(32)25-23(17-4-2-3-5-22(17)34-25)28-26(33)20-13-19(29-30-20)18-12-16(27)10-11-21(18)31/h2-13,31H,1H3,(H,28,33)(H,29,30). The van der Waals surface area contributed by atoms with Gasteiger partial charge in [0, 0.05) is 21.5 Å². The first-order chi connectivity index (χ1) is 16.4. The number of hydrogen-bond acceptors (Lipinski definition) is 5. The van der Waals surface area contributed by atoms with Crippen molar-refractivity contribution in [1.82, 2.24) is 10.2 Å². The van der Waals surface area contributed by atoms with Crippen molar-refractivity contribution in [3.8, 4) is 17.0 Å². The van der Waals surface area contributed by atoms with Crippen LogP contribution in [0.2, 0.25) is 5.02 Å². The number of rotatable bonds is 5. The van der Waals surface area contributed by atoms with Gasteiger partial charge in [0.2, 0.25) is 5.78 Å². The molecule has 34 heavy (non-hydrogen) atoms. The maximum absolute atomic E-state index is 13.2. The van der Waals surface area contributed by atoms with Crippen molar-refractivity contribution in [2.24, 2.45) is 0 Å². The lowest BCUT2D eigenvalue weighted by Gasteiger charge is -2.05. The Labute approximate surface area is 199 Å². The summed E-state index contributed by atoms with van der Waals surface area (Å²) in [6, 6.07) is 20.2. The fourth-order valence-corrected chi connectivity index (χ4v) is 3.81. The number of nitrogens with one attached hydrogen (secondary N) is 2. The second-order valence-corrected chi connectivity index (χ2v) is 8.22. The Kier molecular flexibility index (Phi) is 5.39. The van der Waals surface area contributed by atoms with Crippen molar-refractivity contribution in [3.63, 3.8) is 0 Å². The monoisotopic (exact) mass is 471 g/mol. The molecule has 0 aliphatic rings. The Morgan fingerprint density at radius 2 is 1.79 bits per heavy atom. The molecule has 3 N–H and O–H groups in total. The number of nitrogens with zero attached hydrogens (tertiary/aromatic N) is 1. The van der Waals surface area contributed by atoms with Crippen molar-refractivity contribution in [2.75, 3.05) is 5.32 Å². The van der Waals surface area contributed by atoms with E-state index in [1.807, 2.05) is 19.1 Å². The molecule has 0 bridgehead atoms. The van der Waals surface area contributed by atoms with Crippen LogP contribution in [0.25, 0.3) is 22.2 Å². The van der Waals surface area contributed by atoms with Crippen LogP contribution in [0.15, 0.2) is 77.2 Å². The van der Waals surface area contributed by atoms with Gasteiger partial charge in [0.25, 0.3) is 5.91 Å². The van der Waals surface area contributed by atoms with E-state index in [1.54, 1.807) is 48.5 Å². The lowest BCUT2D eigenvalue weighted by atomic mass is 10.1. The molecule has 1 amide bonds. The number of phenols is 1. The van der Waals surface area contributed by atoms with Crippen molar-refractivity contribution in [1.29, 1.82) is 0 Å². The second kappa shape index (κ2) is 8.53. The van der Waals surface area contributed by atoms with Crippen LogP contribution in [0.4, 0.5) is 5.69 Å². The molecule has 7 nitrogen and oxygen atoms in total. The van der Waals surface area contributed by atoms with Crippen LogP contribution < -0.4 is 5.32 Å². The van der Waals surface area contributed by atoms with E-state index in [4.69, 9.17) is 16.0 Å². The van der Waals surface area contributed by atoms with Crippen LogP contribution >= 0.6 is 11.6 Å². The molecule has 0 radical (unpaired) electrons. The van der Waals surface area contributed by atoms with Gasteiger partial charge >= 0.3 is 0 Å². The predicted octanol–water partition coefficient (Wildman–Crippen LogP) is 5.97. The summed E-state index contributed by atoms with van der Waals surface area (Å²) in [5.41, 5.74) is 3.07. The minimum Gasteiger partial charge on any atom is -0.507 e. The van der Waals surface area contributed by atoms with Gasteiger partial charge in [-0.1, -0.05) is 53.6 Å². The third kappa shape index (κ3) is 3.93. The maximum atomic E-state index is 13.2. The van der Waals surface area contributed by atoms with Crippen molar-refractivity contribution >= 4 is 39.9 Å². The summed E-state index contributed by atoms with van der Waals surface area (Å²) in [6.07, 6.45) is 0. The Morgan fingerprint density at radius 3 is 2.59 bits per heavy atom. The number of anilines is 1. The molecule has 0 aliphatic carbocycles. The van der Waals surface area contributed by atoms with Gasteiger partial charge in [-0.15, -0.1) is 0 Å². The number of carbonyl (C=O) groups excluding carboxylic acids is 2. The smallest absolute Gasteiger partial charge is 0.273 e. The molecule has 3 aromatic carbocycles. The molecule has 0 saturated carbocycles. The summed E-state index contributed by atoms with van der Waals surface area (Å²) in [5, 5.41) is 20.7. The zero-order valence-corrected chi connectivity index (χ0v) is 18.7. The van der Waals surface area contributed by atoms with Crippen LogP contribution in [0.1, 0.15) is 32.2 Å². The quantitative estimate of drug-likeness (QED) is 0.273. The first kappa shape index (κ1) is 21.5. The molecule has 5 rings (SSSR count). The molecule has 8 heteroatoms. The molecule has 2 heterocycles. The molecular weight excluding hydrogens is 454 g/mol. The number of aromatic hydroxyl groups is 1. The van der Waals surface area contributed by atoms with E-state index >= 15 is 0 Å². The van der Waals surface area contributed by atoms with Crippen LogP contribution in [-0.2, 0) is 0 Å². The average molecular weight is 472 g/mol. The summed E-state index contributed by atoms with van der Waals surface area (Å²) in [6.45, 7) is 1.93. The SMILES string of the molecule is Cc1ccc(C(=O)c2oc3ccccc3c2NC(=O)c2cc(-c3cc(Cl)ccc3O)n[nH]2)cc1. The number of fused-ring (bicyclic) bond motifs is 1. The highest BCUT2D eigenvalue weighted by molar-refractivity contribution is 6.31. The highest BCUT2D eigenvalue weighted by Gasteiger charge is 2.24. The number of aromatic amines is 1. The topological polar surface area (TPSA) is 108 Å². The molecule has 0 aliphatic heterocycles. The van der Waals surface area contributed by atoms with E-state index in [0.29, 0.717) is 32.8 Å². The summed E-state index contributed by atoms with van der Waals surface area (Å²) in [4.78, 5) is 26.3. The third-order valence-electron chi connectivity index (χ3n) is 5.41. The van der Waals surface area contributed by atoms with Gasteiger partial charge in [-0.25, -0.2) is 0 Å². The first-order valence-electron chi connectivity index (χ1n) is 10.4. The minimum atomic E-state index is -0.523. The number of hydrogen-bond donors (Lipinski definition) is 3. The number of aryl methyl sites for hydroxylation is 1. The largest absolute Gasteiger partial charge is 0.507 e. The zero-order valence-electron chi connectivity index (χ0n) is 17.9. The Morgan fingerprint density at radius 1 is 1.03 bits per heavy atom. The lowest BCUT2D eigenvalue weighted by molar-refractivity contribution is 0.101. The van der Waals surface area contributed by atoms with E-state index < -0.39 is 5.91 Å². The number of phenolic OH excluding ortho intramolecular Hbond substituents is 1. The molecule has 0 unspecified atom stereocenters. The van der Waals surface area contributed by atoms with Gasteiger partial charge in [-0.2, -0.15) is 5.10 Å². The number of furan rings is 1. The van der Waals surface area contributed by atoms with Gasteiger partial charge in [0.15, 0.2) is 5.76 Å². The lowest BCUT2D eigenvalue weighted by Crippen LogP contribution is -2.14. The Bertz CT molecular complexity index is 1550. The van der Waals surface area contributed by atoms with Gasteiger partial charge < -0.3 is 14.8 Å². The van der Waals surface area contributed by atoms with Gasteiger partial charge in [-0.05, 0) is 43.3 Å². The molecule has 0 spiro atoms. The summed E-state index contributed by atoms with van der Waals surface area (Å²) in [7, 11) is 0. The van der Waals surface area contributed by atoms with Crippen LogP contribution in [0.5, 0.6) is 5.75 Å².